The lowest BCUT2D eigenvalue weighted by molar-refractivity contribution is 0.134. The molecule has 0 unspecified atom stereocenters. The predicted molar refractivity (Wildman–Crippen MR) is 77.9 cm³/mol. The summed E-state index contributed by atoms with van der Waals surface area (Å²) in [7, 11) is 2.07. The summed E-state index contributed by atoms with van der Waals surface area (Å²) in [5.41, 5.74) is 2.03. The molecular weight excluding hydrogens is 218 g/mol. The summed E-state index contributed by atoms with van der Waals surface area (Å²) in [5.74, 6) is 0. The van der Waals surface area contributed by atoms with Crippen molar-refractivity contribution in [2.45, 2.75) is 25.7 Å². The minimum atomic E-state index is 0.513. The summed E-state index contributed by atoms with van der Waals surface area (Å²) in [5, 5.41) is 6.18. The van der Waals surface area contributed by atoms with Crippen LogP contribution in [0.3, 0.4) is 0 Å². The lowest BCUT2D eigenvalue weighted by Gasteiger charge is -2.42. The maximum atomic E-state index is 3.38. The van der Waals surface area contributed by atoms with Crippen LogP contribution < -0.4 is 5.32 Å². The summed E-state index contributed by atoms with van der Waals surface area (Å²) >= 11 is 0. The minimum Gasteiger partial charge on any atom is -0.319 e. The van der Waals surface area contributed by atoms with Gasteiger partial charge >= 0.3 is 0 Å². The van der Waals surface area contributed by atoms with Crippen molar-refractivity contribution in [2.75, 3.05) is 13.6 Å². The molecule has 3 rings (SSSR count). The summed E-state index contributed by atoms with van der Waals surface area (Å²) in [6.45, 7) is 1.15. The molecule has 94 valence electrons. The molecule has 2 aromatic carbocycles. The lowest BCUT2D eigenvalue weighted by Crippen LogP contribution is -2.40. The van der Waals surface area contributed by atoms with E-state index in [4.69, 9.17) is 0 Å². The van der Waals surface area contributed by atoms with Crippen LogP contribution in [0.4, 0.5) is 0 Å². The average Bonchev–Trinajstić information content (AvgIpc) is 2.37. The molecule has 2 aromatic rings. The predicted octanol–water partition coefficient (Wildman–Crippen LogP) is 3.77. The summed E-state index contributed by atoms with van der Waals surface area (Å²) in [6, 6.07) is 15.5. The topological polar surface area (TPSA) is 12.0 Å². The van der Waals surface area contributed by atoms with Crippen LogP contribution in [-0.2, 0) is 6.42 Å². The van der Waals surface area contributed by atoms with Crippen LogP contribution in [-0.4, -0.2) is 13.6 Å². The molecule has 18 heavy (non-hydrogen) atoms. The van der Waals surface area contributed by atoms with Crippen LogP contribution in [0.2, 0.25) is 0 Å². The Hall–Kier alpha value is -1.34. The highest BCUT2D eigenvalue weighted by atomic mass is 14.8. The van der Waals surface area contributed by atoms with Crippen molar-refractivity contribution in [2.24, 2.45) is 5.41 Å². The fraction of sp³-hybridized carbons (Fsp3) is 0.412. The maximum absolute atomic E-state index is 3.38. The monoisotopic (exact) mass is 239 g/mol. The molecule has 1 saturated carbocycles. The molecular formula is C17H21N. The molecule has 1 nitrogen and oxygen atoms in total. The number of hydrogen-bond acceptors (Lipinski definition) is 1. The van der Waals surface area contributed by atoms with Crippen LogP contribution in [0.5, 0.6) is 0 Å². The van der Waals surface area contributed by atoms with Gasteiger partial charge in [0, 0.05) is 6.54 Å². The fourth-order valence-corrected chi connectivity index (χ4v) is 3.32. The van der Waals surface area contributed by atoms with E-state index in [9.17, 15) is 0 Å². The first-order valence-corrected chi connectivity index (χ1v) is 6.94. The van der Waals surface area contributed by atoms with Crippen LogP contribution in [0.1, 0.15) is 24.8 Å². The van der Waals surface area contributed by atoms with Crippen molar-refractivity contribution in [1.29, 1.82) is 0 Å². The Kier molecular flexibility index (Phi) is 3.09. The zero-order chi connectivity index (χ0) is 12.4. The van der Waals surface area contributed by atoms with E-state index in [-0.39, 0.29) is 0 Å². The molecule has 1 aliphatic carbocycles. The summed E-state index contributed by atoms with van der Waals surface area (Å²) < 4.78 is 0. The average molecular weight is 239 g/mol. The van der Waals surface area contributed by atoms with Crippen molar-refractivity contribution in [3.8, 4) is 0 Å². The van der Waals surface area contributed by atoms with Crippen molar-refractivity contribution in [1.82, 2.24) is 5.32 Å². The van der Waals surface area contributed by atoms with Gasteiger partial charge in [-0.2, -0.15) is 0 Å². The lowest BCUT2D eigenvalue weighted by atomic mass is 9.65. The van der Waals surface area contributed by atoms with E-state index in [1.165, 1.54) is 42.0 Å². The first-order chi connectivity index (χ1) is 8.83. The van der Waals surface area contributed by atoms with Crippen molar-refractivity contribution in [3.05, 3.63) is 48.0 Å². The summed E-state index contributed by atoms with van der Waals surface area (Å²) in [6.07, 6.45) is 5.36. The molecule has 0 atom stereocenters. The summed E-state index contributed by atoms with van der Waals surface area (Å²) in [4.78, 5) is 0. The zero-order valence-electron chi connectivity index (χ0n) is 11.1. The van der Waals surface area contributed by atoms with Gasteiger partial charge in [-0.15, -0.1) is 0 Å². The molecule has 0 spiro atoms. The van der Waals surface area contributed by atoms with E-state index in [0.29, 0.717) is 5.41 Å². The second kappa shape index (κ2) is 4.74. The Morgan fingerprint density at radius 1 is 1.06 bits per heavy atom. The Morgan fingerprint density at radius 3 is 2.56 bits per heavy atom. The van der Waals surface area contributed by atoms with Gasteiger partial charge in [-0.05, 0) is 48.1 Å². The third-order valence-electron chi connectivity index (χ3n) is 4.41. The van der Waals surface area contributed by atoms with Gasteiger partial charge in [-0.25, -0.2) is 0 Å². The van der Waals surface area contributed by atoms with E-state index in [1.807, 2.05) is 0 Å². The Labute approximate surface area is 109 Å². The highest BCUT2D eigenvalue weighted by molar-refractivity contribution is 5.85. The van der Waals surface area contributed by atoms with Crippen LogP contribution in [0.15, 0.2) is 42.5 Å². The molecule has 0 aliphatic heterocycles. The van der Waals surface area contributed by atoms with Crippen LogP contribution in [0, 0.1) is 5.41 Å². The number of rotatable bonds is 4. The Morgan fingerprint density at radius 2 is 1.83 bits per heavy atom. The Bertz CT molecular complexity index is 535. The van der Waals surface area contributed by atoms with Gasteiger partial charge in [0.1, 0.15) is 0 Å². The third-order valence-corrected chi connectivity index (χ3v) is 4.41. The smallest absolute Gasteiger partial charge is 0.000800 e. The number of hydrogen-bond donors (Lipinski definition) is 1. The highest BCUT2D eigenvalue weighted by Gasteiger charge is 2.36. The van der Waals surface area contributed by atoms with Crippen LogP contribution >= 0.6 is 0 Å². The van der Waals surface area contributed by atoms with Crippen LogP contribution in [0.25, 0.3) is 10.8 Å². The largest absolute Gasteiger partial charge is 0.319 e. The molecule has 0 heterocycles. The second-order valence-corrected chi connectivity index (χ2v) is 5.70. The molecule has 1 aliphatic rings. The van der Waals surface area contributed by atoms with Crippen molar-refractivity contribution in [3.63, 3.8) is 0 Å². The van der Waals surface area contributed by atoms with E-state index in [0.717, 1.165) is 6.54 Å². The molecule has 1 fully saturated rings. The van der Waals surface area contributed by atoms with Gasteiger partial charge in [0.15, 0.2) is 0 Å². The zero-order valence-corrected chi connectivity index (χ0v) is 11.1. The number of benzene rings is 2. The van der Waals surface area contributed by atoms with Gasteiger partial charge < -0.3 is 5.32 Å². The van der Waals surface area contributed by atoms with Crippen molar-refractivity contribution < 1.29 is 0 Å². The molecule has 1 N–H and O–H groups in total. The normalized spacial score (nSPS) is 17.6. The first-order valence-electron chi connectivity index (χ1n) is 6.94. The SMILES string of the molecule is CNCC1(Cc2cccc3ccccc23)CCC1. The number of nitrogens with one attached hydrogen (secondary N) is 1. The first kappa shape index (κ1) is 11.7. The van der Waals surface area contributed by atoms with Gasteiger partial charge in [0.05, 0.1) is 0 Å². The highest BCUT2D eigenvalue weighted by Crippen LogP contribution is 2.44. The van der Waals surface area contributed by atoms with Gasteiger partial charge in [0.25, 0.3) is 0 Å². The van der Waals surface area contributed by atoms with Crippen molar-refractivity contribution >= 4 is 10.8 Å². The van der Waals surface area contributed by atoms with Gasteiger partial charge in [0.2, 0.25) is 0 Å². The van der Waals surface area contributed by atoms with Gasteiger partial charge in [-0.3, -0.25) is 0 Å². The van der Waals surface area contributed by atoms with E-state index in [2.05, 4.69) is 54.8 Å². The molecule has 0 radical (unpaired) electrons. The minimum absolute atomic E-state index is 0.513. The molecule has 0 aromatic heterocycles. The molecule has 0 amide bonds. The standard InChI is InChI=1S/C17H21N/c1-18-13-17(10-5-11-17)12-15-8-4-7-14-6-2-3-9-16(14)15/h2-4,6-9,18H,5,10-13H2,1H3. The molecule has 0 bridgehead atoms. The molecule has 1 heteroatoms. The Balaban J connectivity index is 1.94. The fourth-order valence-electron chi connectivity index (χ4n) is 3.32. The van der Waals surface area contributed by atoms with Gasteiger partial charge in [-0.1, -0.05) is 48.9 Å². The molecule has 0 saturated heterocycles. The second-order valence-electron chi connectivity index (χ2n) is 5.70. The van der Waals surface area contributed by atoms with E-state index >= 15 is 0 Å². The quantitative estimate of drug-likeness (QED) is 0.856. The van der Waals surface area contributed by atoms with E-state index < -0.39 is 0 Å². The maximum Gasteiger partial charge on any atom is 0.000800 e. The third kappa shape index (κ3) is 2.04. The number of fused-ring (bicyclic) bond motifs is 1. The van der Waals surface area contributed by atoms with E-state index in [1.54, 1.807) is 0 Å².